The third-order valence-corrected chi connectivity index (χ3v) is 4.34. The van der Waals surface area contributed by atoms with E-state index in [0.717, 1.165) is 0 Å². The molecule has 1 amide bonds. The van der Waals surface area contributed by atoms with Crippen LogP contribution in [0.2, 0.25) is 5.02 Å². The maximum Gasteiger partial charge on any atom is 0.276 e. The van der Waals surface area contributed by atoms with Gasteiger partial charge in [0.05, 0.1) is 16.4 Å². The molecule has 0 saturated carbocycles. The SMILES string of the molecule is Cc1nn(Cn2ccc(C(=O)Nc3c(F)c(F)cc(F)c3F)n2)c(C)c1Cl. The Balaban J connectivity index is 1.81. The highest BCUT2D eigenvalue weighted by Gasteiger charge is 2.22. The molecule has 11 heteroatoms. The van der Waals surface area contributed by atoms with Crippen LogP contribution < -0.4 is 5.32 Å². The van der Waals surface area contributed by atoms with Gasteiger partial charge in [0, 0.05) is 12.3 Å². The van der Waals surface area contributed by atoms with Gasteiger partial charge in [0.15, 0.2) is 29.0 Å². The predicted molar refractivity (Wildman–Crippen MR) is 88.6 cm³/mol. The van der Waals surface area contributed by atoms with Crippen molar-refractivity contribution in [2.24, 2.45) is 0 Å². The molecule has 2 heterocycles. The molecule has 2 aromatic heterocycles. The number of hydrogen-bond donors (Lipinski definition) is 1. The minimum absolute atomic E-state index is 0.0502. The number of carbonyl (C=O) groups is 1. The Hall–Kier alpha value is -2.88. The van der Waals surface area contributed by atoms with Gasteiger partial charge in [-0.25, -0.2) is 22.2 Å². The van der Waals surface area contributed by atoms with Crippen LogP contribution in [0.15, 0.2) is 18.3 Å². The van der Waals surface area contributed by atoms with E-state index in [1.807, 2.05) is 0 Å². The van der Waals surface area contributed by atoms with E-state index >= 15 is 0 Å². The summed E-state index contributed by atoms with van der Waals surface area (Å²) < 4.78 is 56.6. The fraction of sp³-hybridized carbons (Fsp3) is 0.188. The van der Waals surface area contributed by atoms with Crippen molar-refractivity contribution in [2.75, 3.05) is 5.32 Å². The summed E-state index contributed by atoms with van der Waals surface area (Å²) in [7, 11) is 0. The standard InChI is InChI=1S/C16H12ClF4N5O/c1-7-12(17)8(2)26(23-7)6-25-4-3-11(24-25)16(27)22-15-13(20)9(18)5-10(19)14(15)21/h3-5H,6H2,1-2H3,(H,22,27). The molecule has 0 atom stereocenters. The Labute approximate surface area is 155 Å². The van der Waals surface area contributed by atoms with Crippen molar-refractivity contribution in [3.63, 3.8) is 0 Å². The molecule has 0 saturated heterocycles. The molecule has 0 radical (unpaired) electrons. The summed E-state index contributed by atoms with van der Waals surface area (Å²) >= 11 is 6.06. The lowest BCUT2D eigenvalue weighted by molar-refractivity contribution is 0.102. The van der Waals surface area contributed by atoms with Gasteiger partial charge < -0.3 is 5.32 Å². The number of halogens is 5. The number of rotatable bonds is 4. The first-order chi connectivity index (χ1) is 12.7. The van der Waals surface area contributed by atoms with E-state index in [9.17, 15) is 22.4 Å². The van der Waals surface area contributed by atoms with Crippen molar-refractivity contribution in [2.45, 2.75) is 20.5 Å². The monoisotopic (exact) mass is 401 g/mol. The second-order valence-electron chi connectivity index (χ2n) is 5.66. The summed E-state index contributed by atoms with van der Waals surface area (Å²) in [6.07, 6.45) is 1.43. The molecular formula is C16H12ClF4N5O. The highest BCUT2D eigenvalue weighted by atomic mass is 35.5. The Kier molecular flexibility index (Phi) is 4.92. The lowest BCUT2D eigenvalue weighted by Gasteiger charge is -2.08. The fourth-order valence-corrected chi connectivity index (χ4v) is 2.51. The van der Waals surface area contributed by atoms with E-state index in [-0.39, 0.29) is 18.4 Å². The number of benzene rings is 1. The van der Waals surface area contributed by atoms with Crippen LogP contribution in [-0.4, -0.2) is 25.5 Å². The second kappa shape index (κ2) is 7.03. The quantitative estimate of drug-likeness (QED) is 0.536. The summed E-state index contributed by atoms with van der Waals surface area (Å²) in [6, 6.07) is 1.32. The molecule has 3 aromatic rings. The van der Waals surface area contributed by atoms with Gasteiger partial charge in [0.25, 0.3) is 5.91 Å². The lowest BCUT2D eigenvalue weighted by atomic mass is 10.2. The Morgan fingerprint density at radius 2 is 1.78 bits per heavy atom. The van der Waals surface area contributed by atoms with Crippen molar-refractivity contribution < 1.29 is 22.4 Å². The number of carbonyl (C=O) groups excluding carboxylic acids is 1. The number of aromatic nitrogens is 4. The van der Waals surface area contributed by atoms with Crippen LogP contribution in [0, 0.1) is 37.1 Å². The van der Waals surface area contributed by atoms with Gasteiger partial charge in [0.1, 0.15) is 12.4 Å². The average Bonchev–Trinajstić information content (AvgIpc) is 3.18. The Morgan fingerprint density at radius 3 is 2.33 bits per heavy atom. The molecule has 6 nitrogen and oxygen atoms in total. The van der Waals surface area contributed by atoms with Gasteiger partial charge in [-0.3, -0.25) is 9.48 Å². The van der Waals surface area contributed by atoms with Gasteiger partial charge in [-0.2, -0.15) is 10.2 Å². The topological polar surface area (TPSA) is 64.7 Å². The first kappa shape index (κ1) is 18.9. The molecule has 0 bridgehead atoms. The van der Waals surface area contributed by atoms with E-state index in [1.165, 1.54) is 16.9 Å². The number of amides is 1. The van der Waals surface area contributed by atoms with Gasteiger partial charge in [-0.05, 0) is 19.9 Å². The minimum atomic E-state index is -1.71. The smallest absolute Gasteiger partial charge is 0.276 e. The Bertz CT molecular complexity index is 1020. The van der Waals surface area contributed by atoms with Crippen LogP contribution in [0.1, 0.15) is 21.9 Å². The predicted octanol–water partition coefficient (Wildman–Crippen LogP) is 3.66. The molecule has 0 spiro atoms. The maximum atomic E-state index is 13.6. The fourth-order valence-electron chi connectivity index (χ4n) is 2.37. The van der Waals surface area contributed by atoms with Crippen LogP contribution >= 0.6 is 11.6 Å². The van der Waals surface area contributed by atoms with E-state index < -0.39 is 34.9 Å². The second-order valence-corrected chi connectivity index (χ2v) is 6.04. The average molecular weight is 402 g/mol. The summed E-state index contributed by atoms with van der Waals surface area (Å²) in [5, 5.41) is 10.5. The minimum Gasteiger partial charge on any atom is -0.315 e. The van der Waals surface area contributed by atoms with E-state index in [2.05, 4.69) is 10.2 Å². The van der Waals surface area contributed by atoms with E-state index in [0.29, 0.717) is 16.4 Å². The maximum absolute atomic E-state index is 13.6. The largest absolute Gasteiger partial charge is 0.315 e. The van der Waals surface area contributed by atoms with Crippen molar-refractivity contribution in [3.05, 3.63) is 63.7 Å². The van der Waals surface area contributed by atoms with Crippen LogP contribution in [-0.2, 0) is 6.67 Å². The highest BCUT2D eigenvalue weighted by molar-refractivity contribution is 6.31. The van der Waals surface area contributed by atoms with Crippen LogP contribution in [0.3, 0.4) is 0 Å². The number of nitrogens with zero attached hydrogens (tertiary/aromatic N) is 4. The first-order valence-corrected chi connectivity index (χ1v) is 7.94. The molecule has 0 fully saturated rings. The summed E-state index contributed by atoms with van der Waals surface area (Å²) in [6.45, 7) is 3.61. The summed E-state index contributed by atoms with van der Waals surface area (Å²) in [5.74, 6) is -7.71. The zero-order chi connectivity index (χ0) is 19.9. The van der Waals surface area contributed by atoms with Crippen LogP contribution in [0.4, 0.5) is 23.2 Å². The summed E-state index contributed by atoms with van der Waals surface area (Å²) in [5.41, 5.74) is -0.128. The number of aryl methyl sites for hydroxylation is 1. The number of nitrogens with one attached hydrogen (secondary N) is 1. The van der Waals surface area contributed by atoms with E-state index in [1.54, 1.807) is 23.8 Å². The molecule has 27 heavy (non-hydrogen) atoms. The third-order valence-electron chi connectivity index (χ3n) is 3.80. The van der Waals surface area contributed by atoms with Gasteiger partial charge >= 0.3 is 0 Å². The summed E-state index contributed by atoms with van der Waals surface area (Å²) in [4.78, 5) is 12.1. The van der Waals surface area contributed by atoms with Crippen LogP contribution in [0.5, 0.6) is 0 Å². The van der Waals surface area contributed by atoms with Crippen molar-refractivity contribution in [1.29, 1.82) is 0 Å². The normalized spacial score (nSPS) is 11.1. The van der Waals surface area contributed by atoms with Gasteiger partial charge in [-0.15, -0.1) is 0 Å². The molecule has 0 aliphatic rings. The number of hydrogen-bond acceptors (Lipinski definition) is 3. The molecule has 0 unspecified atom stereocenters. The van der Waals surface area contributed by atoms with Gasteiger partial charge in [0.2, 0.25) is 0 Å². The highest BCUT2D eigenvalue weighted by Crippen LogP contribution is 2.24. The first-order valence-electron chi connectivity index (χ1n) is 7.56. The zero-order valence-corrected chi connectivity index (χ0v) is 14.8. The van der Waals surface area contributed by atoms with Crippen molar-refractivity contribution in [1.82, 2.24) is 19.6 Å². The van der Waals surface area contributed by atoms with Crippen molar-refractivity contribution >= 4 is 23.2 Å². The van der Waals surface area contributed by atoms with Gasteiger partial charge in [-0.1, -0.05) is 11.6 Å². The zero-order valence-electron chi connectivity index (χ0n) is 14.0. The number of anilines is 1. The third kappa shape index (κ3) is 3.52. The molecule has 3 rings (SSSR count). The van der Waals surface area contributed by atoms with E-state index in [4.69, 9.17) is 11.6 Å². The molecule has 1 aromatic carbocycles. The molecular weight excluding hydrogens is 390 g/mol. The molecule has 0 aliphatic heterocycles. The molecule has 0 aliphatic carbocycles. The van der Waals surface area contributed by atoms with Crippen LogP contribution in [0.25, 0.3) is 0 Å². The molecule has 142 valence electrons. The Morgan fingerprint density at radius 1 is 1.15 bits per heavy atom. The van der Waals surface area contributed by atoms with Crippen molar-refractivity contribution in [3.8, 4) is 0 Å². The molecule has 1 N–H and O–H groups in total. The lowest BCUT2D eigenvalue weighted by Crippen LogP contribution is -2.18.